The van der Waals surface area contributed by atoms with E-state index in [0.29, 0.717) is 31.2 Å². The molecule has 6 nitrogen and oxygen atoms in total. The van der Waals surface area contributed by atoms with Gasteiger partial charge in [-0.25, -0.2) is 0 Å². The van der Waals surface area contributed by atoms with Crippen molar-refractivity contribution in [3.8, 4) is 12.0 Å². The number of nitrogens with zero attached hydrogens (tertiary/aromatic N) is 3. The van der Waals surface area contributed by atoms with Crippen molar-refractivity contribution in [1.29, 1.82) is 0 Å². The minimum Gasteiger partial charge on any atom is -0.464 e. The molecule has 114 valence electrons. The molecule has 0 radical (unpaired) electrons. The van der Waals surface area contributed by atoms with Crippen molar-refractivity contribution in [2.45, 2.75) is 52.4 Å². The summed E-state index contributed by atoms with van der Waals surface area (Å²) in [6.07, 6.45) is 7.36. The van der Waals surface area contributed by atoms with Crippen LogP contribution in [0.1, 0.15) is 52.4 Å². The molecule has 1 rings (SSSR count). The van der Waals surface area contributed by atoms with Crippen LogP contribution in [0.5, 0.6) is 12.0 Å². The Morgan fingerprint density at radius 1 is 0.850 bits per heavy atom. The van der Waals surface area contributed by atoms with Gasteiger partial charge in [-0.2, -0.15) is 9.97 Å². The van der Waals surface area contributed by atoms with Gasteiger partial charge in [-0.1, -0.05) is 39.0 Å². The molecule has 0 unspecified atom stereocenters. The third-order valence-electron chi connectivity index (χ3n) is 2.82. The number of hydrogen-bond donors (Lipinski definition) is 1. The Kier molecular flexibility index (Phi) is 8.42. The third-order valence-corrected chi connectivity index (χ3v) is 2.82. The molecule has 0 spiro atoms. The second-order valence-corrected chi connectivity index (χ2v) is 4.52. The average Bonchev–Trinajstić information content (AvgIpc) is 2.46. The number of ether oxygens (including phenoxy) is 2. The van der Waals surface area contributed by atoms with Gasteiger partial charge in [0.15, 0.2) is 0 Å². The fourth-order valence-corrected chi connectivity index (χ4v) is 1.75. The van der Waals surface area contributed by atoms with Crippen molar-refractivity contribution in [3.63, 3.8) is 0 Å². The molecular weight excluding hydrogens is 256 g/mol. The Morgan fingerprint density at radius 3 is 2.15 bits per heavy atom. The van der Waals surface area contributed by atoms with Gasteiger partial charge in [-0.15, -0.1) is 4.98 Å². The highest BCUT2D eigenvalue weighted by Gasteiger charge is 2.07. The Bertz CT molecular complexity index is 374. The van der Waals surface area contributed by atoms with E-state index in [1.54, 1.807) is 7.05 Å². The lowest BCUT2D eigenvalue weighted by atomic mass is 10.1. The maximum atomic E-state index is 5.56. The van der Waals surface area contributed by atoms with Crippen LogP contribution in [0.2, 0.25) is 0 Å². The summed E-state index contributed by atoms with van der Waals surface area (Å²) in [5.74, 6) is 0.460. The summed E-state index contributed by atoms with van der Waals surface area (Å²) < 4.78 is 10.8. The van der Waals surface area contributed by atoms with E-state index < -0.39 is 0 Å². The van der Waals surface area contributed by atoms with Crippen molar-refractivity contribution in [1.82, 2.24) is 15.0 Å². The average molecular weight is 282 g/mol. The van der Waals surface area contributed by atoms with Gasteiger partial charge < -0.3 is 14.8 Å². The number of anilines is 1. The van der Waals surface area contributed by atoms with Crippen molar-refractivity contribution in [2.75, 3.05) is 25.6 Å². The van der Waals surface area contributed by atoms with E-state index in [4.69, 9.17) is 9.47 Å². The van der Waals surface area contributed by atoms with Gasteiger partial charge in [-0.3, -0.25) is 0 Å². The molecule has 1 aromatic rings. The zero-order valence-corrected chi connectivity index (χ0v) is 12.8. The molecule has 20 heavy (non-hydrogen) atoms. The van der Waals surface area contributed by atoms with Crippen LogP contribution in [0.3, 0.4) is 0 Å². The summed E-state index contributed by atoms with van der Waals surface area (Å²) in [6.45, 7) is 5.26. The predicted molar refractivity (Wildman–Crippen MR) is 79.4 cm³/mol. The molecule has 0 atom stereocenters. The molecule has 0 amide bonds. The van der Waals surface area contributed by atoms with E-state index in [1.807, 2.05) is 6.92 Å². The van der Waals surface area contributed by atoms with E-state index in [1.165, 1.54) is 32.1 Å². The van der Waals surface area contributed by atoms with Gasteiger partial charge in [0.1, 0.15) is 0 Å². The molecule has 0 saturated heterocycles. The number of aromatic nitrogens is 3. The Hall–Kier alpha value is -1.59. The molecule has 0 saturated carbocycles. The van der Waals surface area contributed by atoms with Crippen LogP contribution < -0.4 is 14.8 Å². The number of hydrogen-bond acceptors (Lipinski definition) is 6. The van der Waals surface area contributed by atoms with Crippen LogP contribution in [-0.4, -0.2) is 35.2 Å². The lowest BCUT2D eigenvalue weighted by molar-refractivity contribution is 0.263. The van der Waals surface area contributed by atoms with Gasteiger partial charge >= 0.3 is 12.0 Å². The van der Waals surface area contributed by atoms with Crippen molar-refractivity contribution >= 4 is 5.95 Å². The summed E-state index contributed by atoms with van der Waals surface area (Å²) in [5.41, 5.74) is 0. The van der Waals surface area contributed by atoms with Crippen molar-refractivity contribution in [2.24, 2.45) is 0 Å². The lowest BCUT2D eigenvalue weighted by Crippen LogP contribution is -2.07. The highest BCUT2D eigenvalue weighted by molar-refractivity contribution is 5.26. The largest absolute Gasteiger partial charge is 0.464 e. The first-order valence-corrected chi connectivity index (χ1v) is 7.49. The number of rotatable bonds is 11. The molecule has 1 aromatic heterocycles. The van der Waals surface area contributed by atoms with Gasteiger partial charge in [-0.05, 0) is 13.3 Å². The Morgan fingerprint density at radius 2 is 1.50 bits per heavy atom. The summed E-state index contributed by atoms with van der Waals surface area (Å²) in [5, 5.41) is 2.87. The van der Waals surface area contributed by atoms with Crippen LogP contribution in [0.15, 0.2) is 0 Å². The third kappa shape index (κ3) is 6.54. The molecule has 6 heteroatoms. The number of nitrogens with one attached hydrogen (secondary N) is 1. The molecule has 0 aliphatic carbocycles. The maximum absolute atomic E-state index is 5.56. The summed E-state index contributed by atoms with van der Waals surface area (Å²) in [7, 11) is 1.75. The second kappa shape index (κ2) is 10.2. The summed E-state index contributed by atoms with van der Waals surface area (Å²) in [6, 6.07) is 0.617. The summed E-state index contributed by atoms with van der Waals surface area (Å²) >= 11 is 0. The number of unbranched alkanes of at least 4 members (excludes halogenated alkanes) is 5. The highest BCUT2D eigenvalue weighted by Crippen LogP contribution is 2.13. The maximum Gasteiger partial charge on any atom is 0.324 e. The van der Waals surface area contributed by atoms with E-state index >= 15 is 0 Å². The molecule has 1 heterocycles. The first kappa shape index (κ1) is 16.5. The van der Waals surface area contributed by atoms with E-state index in [9.17, 15) is 0 Å². The molecule has 1 N–H and O–H groups in total. The van der Waals surface area contributed by atoms with E-state index in [-0.39, 0.29) is 0 Å². The molecule has 0 aromatic carbocycles. The smallest absolute Gasteiger partial charge is 0.324 e. The van der Waals surface area contributed by atoms with Crippen molar-refractivity contribution < 1.29 is 9.47 Å². The minimum atomic E-state index is 0.296. The standard InChI is InChI=1S/C14H26N4O2/c1-4-6-7-8-9-10-11-20-14-17-12(15-3)16-13(18-14)19-5-2/h4-11H2,1-3H3,(H,15,16,17,18). The van der Waals surface area contributed by atoms with Gasteiger partial charge in [0, 0.05) is 7.05 Å². The predicted octanol–water partition coefficient (Wildman–Crippen LogP) is 3.05. The van der Waals surface area contributed by atoms with Gasteiger partial charge in [0.25, 0.3) is 0 Å². The van der Waals surface area contributed by atoms with Crippen LogP contribution in [0.4, 0.5) is 5.95 Å². The fourth-order valence-electron chi connectivity index (χ4n) is 1.75. The second-order valence-electron chi connectivity index (χ2n) is 4.52. The topological polar surface area (TPSA) is 69.2 Å². The lowest BCUT2D eigenvalue weighted by Gasteiger charge is -2.08. The fraction of sp³-hybridized carbons (Fsp3) is 0.786. The normalized spacial score (nSPS) is 10.3. The van der Waals surface area contributed by atoms with Crippen molar-refractivity contribution in [3.05, 3.63) is 0 Å². The van der Waals surface area contributed by atoms with Gasteiger partial charge in [0.05, 0.1) is 13.2 Å². The first-order chi connectivity index (χ1) is 9.80. The first-order valence-electron chi connectivity index (χ1n) is 7.49. The quantitative estimate of drug-likeness (QED) is 0.629. The monoisotopic (exact) mass is 282 g/mol. The van der Waals surface area contributed by atoms with Crippen LogP contribution >= 0.6 is 0 Å². The molecule has 0 aliphatic heterocycles. The Labute approximate surface area is 121 Å². The van der Waals surface area contributed by atoms with Crippen LogP contribution in [-0.2, 0) is 0 Å². The zero-order valence-electron chi connectivity index (χ0n) is 12.8. The van der Waals surface area contributed by atoms with Crippen LogP contribution in [0, 0.1) is 0 Å². The minimum absolute atomic E-state index is 0.296. The van der Waals surface area contributed by atoms with Gasteiger partial charge in [0.2, 0.25) is 5.95 Å². The van der Waals surface area contributed by atoms with E-state index in [2.05, 4.69) is 27.2 Å². The molecule has 0 aliphatic rings. The molecule has 0 bridgehead atoms. The summed E-state index contributed by atoms with van der Waals surface area (Å²) in [4.78, 5) is 12.3. The Balaban J connectivity index is 2.33. The van der Waals surface area contributed by atoms with E-state index in [0.717, 1.165) is 6.42 Å². The zero-order chi connectivity index (χ0) is 14.6. The SMILES string of the molecule is CCCCCCCCOc1nc(NC)nc(OCC)n1. The molecule has 0 fully saturated rings. The highest BCUT2D eigenvalue weighted by atomic mass is 16.5. The van der Waals surface area contributed by atoms with Crippen LogP contribution in [0.25, 0.3) is 0 Å². The molecular formula is C14H26N4O2.